The number of thioether (sulfide) groups is 1. The first-order valence-electron chi connectivity index (χ1n) is 6.31. The van der Waals surface area contributed by atoms with Crippen LogP contribution in [0.25, 0.3) is 0 Å². The van der Waals surface area contributed by atoms with Crippen molar-refractivity contribution in [1.29, 1.82) is 0 Å². The third kappa shape index (κ3) is 5.57. The topological polar surface area (TPSA) is 32.3 Å². The Morgan fingerprint density at radius 3 is 2.88 bits per heavy atom. The molecule has 2 nitrogen and oxygen atoms in total. The summed E-state index contributed by atoms with van der Waals surface area (Å²) in [4.78, 5) is 1.34. The predicted molar refractivity (Wildman–Crippen MR) is 75.6 cm³/mol. The predicted octanol–water partition coefficient (Wildman–Crippen LogP) is 2.97. The van der Waals surface area contributed by atoms with Crippen LogP contribution in [-0.2, 0) is 6.54 Å². The van der Waals surface area contributed by atoms with Crippen LogP contribution in [0.5, 0.6) is 0 Å². The molecule has 1 rings (SSSR count). The van der Waals surface area contributed by atoms with E-state index in [-0.39, 0.29) is 6.61 Å². The Morgan fingerprint density at radius 2 is 2.18 bits per heavy atom. The molecular formula is C14H23NOS. The maximum Gasteiger partial charge on any atom is 0.0439 e. The van der Waals surface area contributed by atoms with Crippen LogP contribution >= 0.6 is 11.8 Å². The zero-order valence-corrected chi connectivity index (χ0v) is 11.6. The maximum absolute atomic E-state index is 8.81. The molecule has 0 radical (unpaired) electrons. The average molecular weight is 253 g/mol. The van der Waals surface area contributed by atoms with Gasteiger partial charge < -0.3 is 10.4 Å². The van der Waals surface area contributed by atoms with E-state index in [1.807, 2.05) is 11.8 Å². The Morgan fingerprint density at radius 1 is 1.35 bits per heavy atom. The summed E-state index contributed by atoms with van der Waals surface area (Å²) >= 11 is 1.84. The molecule has 96 valence electrons. The number of hydrogen-bond acceptors (Lipinski definition) is 3. The second-order valence-corrected chi connectivity index (χ2v) is 5.35. The van der Waals surface area contributed by atoms with Gasteiger partial charge in [0.25, 0.3) is 0 Å². The minimum atomic E-state index is 0.280. The molecule has 0 aliphatic rings. The highest BCUT2D eigenvalue weighted by atomic mass is 32.2. The lowest BCUT2D eigenvalue weighted by Crippen LogP contribution is -2.14. The SMILES string of the molecule is CCCNCc1cc(C)ccc1SCCCO. The van der Waals surface area contributed by atoms with E-state index in [9.17, 15) is 0 Å². The second-order valence-electron chi connectivity index (χ2n) is 4.21. The molecule has 0 unspecified atom stereocenters. The number of aliphatic hydroxyl groups is 1. The lowest BCUT2D eigenvalue weighted by atomic mass is 10.1. The van der Waals surface area contributed by atoms with Gasteiger partial charge in [-0.3, -0.25) is 0 Å². The van der Waals surface area contributed by atoms with Crippen molar-refractivity contribution in [3.63, 3.8) is 0 Å². The van der Waals surface area contributed by atoms with Crippen LogP contribution in [0.2, 0.25) is 0 Å². The molecule has 0 saturated carbocycles. The van der Waals surface area contributed by atoms with Crippen molar-refractivity contribution in [1.82, 2.24) is 5.32 Å². The van der Waals surface area contributed by atoms with E-state index < -0.39 is 0 Å². The van der Waals surface area contributed by atoms with Gasteiger partial charge in [-0.05, 0) is 37.9 Å². The molecule has 0 aliphatic heterocycles. The van der Waals surface area contributed by atoms with Gasteiger partial charge in [-0.15, -0.1) is 11.8 Å². The van der Waals surface area contributed by atoms with Crippen LogP contribution in [0.1, 0.15) is 30.9 Å². The maximum atomic E-state index is 8.81. The quantitative estimate of drug-likeness (QED) is 0.552. The first-order valence-corrected chi connectivity index (χ1v) is 7.30. The fourth-order valence-corrected chi connectivity index (χ4v) is 2.61. The zero-order valence-electron chi connectivity index (χ0n) is 10.8. The van der Waals surface area contributed by atoms with E-state index >= 15 is 0 Å². The smallest absolute Gasteiger partial charge is 0.0439 e. The summed E-state index contributed by atoms with van der Waals surface area (Å²) < 4.78 is 0. The molecule has 0 spiro atoms. The summed E-state index contributed by atoms with van der Waals surface area (Å²) in [5.41, 5.74) is 2.69. The molecule has 0 saturated heterocycles. The van der Waals surface area contributed by atoms with Crippen molar-refractivity contribution in [2.24, 2.45) is 0 Å². The van der Waals surface area contributed by atoms with Gasteiger partial charge in [0.1, 0.15) is 0 Å². The molecule has 2 N–H and O–H groups in total. The summed E-state index contributed by atoms with van der Waals surface area (Å²) in [5.74, 6) is 0.986. The van der Waals surface area contributed by atoms with E-state index in [0.717, 1.165) is 25.3 Å². The Hall–Kier alpha value is -0.510. The molecule has 0 bridgehead atoms. The number of rotatable bonds is 8. The van der Waals surface area contributed by atoms with Gasteiger partial charge in [0.15, 0.2) is 0 Å². The molecule has 1 aromatic rings. The van der Waals surface area contributed by atoms with Crippen molar-refractivity contribution in [3.8, 4) is 0 Å². The van der Waals surface area contributed by atoms with E-state index in [4.69, 9.17) is 5.11 Å². The van der Waals surface area contributed by atoms with Gasteiger partial charge in [-0.2, -0.15) is 0 Å². The lowest BCUT2D eigenvalue weighted by molar-refractivity contribution is 0.296. The largest absolute Gasteiger partial charge is 0.396 e. The Balaban J connectivity index is 2.59. The standard InChI is InChI=1S/C14H23NOS/c1-3-7-15-11-13-10-12(2)5-6-14(13)17-9-4-8-16/h5-6,10,15-16H,3-4,7-9,11H2,1-2H3. The average Bonchev–Trinajstić information content (AvgIpc) is 2.32. The fraction of sp³-hybridized carbons (Fsp3) is 0.571. The normalized spacial score (nSPS) is 10.8. The third-order valence-electron chi connectivity index (χ3n) is 2.52. The number of aliphatic hydroxyl groups excluding tert-OH is 1. The molecule has 0 aromatic heterocycles. The number of aryl methyl sites for hydroxylation is 1. The van der Waals surface area contributed by atoms with E-state index in [0.29, 0.717) is 0 Å². The van der Waals surface area contributed by atoms with Crippen LogP contribution in [0.15, 0.2) is 23.1 Å². The van der Waals surface area contributed by atoms with Crippen LogP contribution in [0.4, 0.5) is 0 Å². The van der Waals surface area contributed by atoms with Gasteiger partial charge in [0, 0.05) is 23.8 Å². The molecule has 3 heteroatoms. The van der Waals surface area contributed by atoms with Crippen LogP contribution in [0.3, 0.4) is 0 Å². The molecule has 1 aromatic carbocycles. The summed E-state index contributed by atoms with van der Waals surface area (Å²) in [6.07, 6.45) is 2.03. The Labute approximate surface area is 109 Å². The molecule has 0 amide bonds. The van der Waals surface area contributed by atoms with E-state index in [2.05, 4.69) is 37.4 Å². The highest BCUT2D eigenvalue weighted by Crippen LogP contribution is 2.24. The molecule has 17 heavy (non-hydrogen) atoms. The summed E-state index contributed by atoms with van der Waals surface area (Å²) in [5, 5.41) is 12.3. The second kappa shape index (κ2) is 8.56. The van der Waals surface area contributed by atoms with Gasteiger partial charge in [-0.25, -0.2) is 0 Å². The van der Waals surface area contributed by atoms with Crippen molar-refractivity contribution in [3.05, 3.63) is 29.3 Å². The summed E-state index contributed by atoms with van der Waals surface area (Å²) in [7, 11) is 0. The van der Waals surface area contributed by atoms with Crippen LogP contribution in [-0.4, -0.2) is 24.0 Å². The number of nitrogens with one attached hydrogen (secondary N) is 1. The van der Waals surface area contributed by atoms with Gasteiger partial charge in [-0.1, -0.05) is 24.6 Å². The summed E-state index contributed by atoms with van der Waals surface area (Å²) in [6, 6.07) is 6.61. The van der Waals surface area contributed by atoms with E-state index in [1.54, 1.807) is 0 Å². The lowest BCUT2D eigenvalue weighted by Gasteiger charge is -2.11. The van der Waals surface area contributed by atoms with Crippen molar-refractivity contribution < 1.29 is 5.11 Å². The first-order chi connectivity index (χ1) is 8.27. The van der Waals surface area contributed by atoms with Gasteiger partial charge in [0.2, 0.25) is 0 Å². The van der Waals surface area contributed by atoms with Crippen LogP contribution in [0, 0.1) is 6.92 Å². The first kappa shape index (κ1) is 14.6. The van der Waals surface area contributed by atoms with Crippen molar-refractivity contribution >= 4 is 11.8 Å². The van der Waals surface area contributed by atoms with Gasteiger partial charge in [0.05, 0.1) is 0 Å². The minimum absolute atomic E-state index is 0.280. The molecular weight excluding hydrogens is 230 g/mol. The molecule has 0 aliphatic carbocycles. The van der Waals surface area contributed by atoms with Gasteiger partial charge >= 0.3 is 0 Å². The molecule has 0 atom stereocenters. The molecule has 0 heterocycles. The van der Waals surface area contributed by atoms with Crippen molar-refractivity contribution in [2.75, 3.05) is 18.9 Å². The van der Waals surface area contributed by atoms with Crippen LogP contribution < -0.4 is 5.32 Å². The molecule has 0 fully saturated rings. The fourth-order valence-electron chi connectivity index (χ4n) is 1.63. The Kier molecular flexibility index (Phi) is 7.33. The van der Waals surface area contributed by atoms with Crippen molar-refractivity contribution in [2.45, 2.75) is 38.1 Å². The third-order valence-corrected chi connectivity index (χ3v) is 3.72. The number of hydrogen-bond donors (Lipinski definition) is 2. The Bertz CT molecular complexity index is 328. The number of benzene rings is 1. The van der Waals surface area contributed by atoms with E-state index in [1.165, 1.54) is 22.4 Å². The minimum Gasteiger partial charge on any atom is -0.396 e. The summed E-state index contributed by atoms with van der Waals surface area (Å²) in [6.45, 7) is 6.60. The monoisotopic (exact) mass is 253 g/mol. The highest BCUT2D eigenvalue weighted by molar-refractivity contribution is 7.99. The highest BCUT2D eigenvalue weighted by Gasteiger charge is 2.03. The zero-order chi connectivity index (χ0) is 12.5.